The number of likely N-dealkylation sites (tertiary alicyclic amines) is 1. The number of benzene rings is 1. The third-order valence-electron chi connectivity index (χ3n) is 4.61. The summed E-state index contributed by atoms with van der Waals surface area (Å²) in [4.78, 5) is 14.2. The number of hydrogen-bond donors (Lipinski definition) is 1. The number of ether oxygens (including phenoxy) is 1. The fourth-order valence-corrected chi connectivity index (χ4v) is 4.28. The Morgan fingerprint density at radius 2 is 2.16 bits per heavy atom. The van der Waals surface area contributed by atoms with E-state index in [-0.39, 0.29) is 10.5 Å². The van der Waals surface area contributed by atoms with Crippen molar-refractivity contribution in [3.63, 3.8) is 0 Å². The van der Waals surface area contributed by atoms with Crippen LogP contribution >= 0.6 is 0 Å². The van der Waals surface area contributed by atoms with E-state index < -0.39 is 16.0 Å². The van der Waals surface area contributed by atoms with Gasteiger partial charge in [0.2, 0.25) is 10.0 Å². The fourth-order valence-electron chi connectivity index (χ4n) is 3.18. The van der Waals surface area contributed by atoms with Crippen molar-refractivity contribution in [2.75, 3.05) is 33.3 Å². The highest BCUT2D eigenvalue weighted by molar-refractivity contribution is 7.89. The molecule has 1 fully saturated rings. The molecule has 25 heavy (non-hydrogen) atoms. The van der Waals surface area contributed by atoms with Crippen molar-refractivity contribution in [1.82, 2.24) is 9.62 Å². The van der Waals surface area contributed by atoms with Crippen LogP contribution in [0, 0.1) is 12.8 Å². The van der Waals surface area contributed by atoms with Crippen LogP contribution in [0.1, 0.15) is 42.1 Å². The molecule has 0 bridgehead atoms. The molecule has 1 aromatic rings. The number of methoxy groups -OCH3 is 1. The number of nitrogens with zero attached hydrogens (tertiary/aromatic N) is 1. The van der Waals surface area contributed by atoms with Crippen molar-refractivity contribution in [3.8, 4) is 0 Å². The van der Waals surface area contributed by atoms with Crippen LogP contribution in [0.15, 0.2) is 23.1 Å². The topological polar surface area (TPSA) is 75.7 Å². The lowest BCUT2D eigenvalue weighted by atomic mass is 10.0. The van der Waals surface area contributed by atoms with Crippen molar-refractivity contribution in [2.24, 2.45) is 5.92 Å². The molecule has 6 nitrogen and oxygen atoms in total. The lowest BCUT2D eigenvalue weighted by Gasteiger charge is -2.30. The van der Waals surface area contributed by atoms with E-state index in [4.69, 9.17) is 4.74 Å². The molecule has 0 saturated carbocycles. The molecule has 0 aliphatic carbocycles. The average molecular weight is 368 g/mol. The molecular weight excluding hydrogens is 340 g/mol. The van der Waals surface area contributed by atoms with Gasteiger partial charge in [-0.3, -0.25) is 0 Å². The second-order valence-electron chi connectivity index (χ2n) is 6.77. The van der Waals surface area contributed by atoms with E-state index in [0.29, 0.717) is 12.1 Å². The molecule has 1 aliphatic heterocycles. The smallest absolute Gasteiger partial charge is 0.338 e. The number of rotatable bonds is 7. The maximum atomic E-state index is 12.4. The summed E-state index contributed by atoms with van der Waals surface area (Å²) in [6.45, 7) is 7.47. The monoisotopic (exact) mass is 368 g/mol. The Bertz CT molecular complexity index is 703. The predicted molar refractivity (Wildman–Crippen MR) is 97.2 cm³/mol. The molecule has 0 aromatic heterocycles. The predicted octanol–water partition coefficient (Wildman–Crippen LogP) is 2.18. The Morgan fingerprint density at radius 1 is 1.40 bits per heavy atom. The van der Waals surface area contributed by atoms with Crippen LogP contribution in [0.3, 0.4) is 0 Å². The van der Waals surface area contributed by atoms with Gasteiger partial charge in [0.1, 0.15) is 0 Å². The first-order chi connectivity index (χ1) is 11.8. The molecule has 0 spiro atoms. The molecule has 140 valence electrons. The number of carbonyl (C=O) groups excluding carboxylic acids is 1. The molecule has 1 aromatic carbocycles. The van der Waals surface area contributed by atoms with E-state index >= 15 is 0 Å². The van der Waals surface area contributed by atoms with Crippen LogP contribution in [0.4, 0.5) is 0 Å². The van der Waals surface area contributed by atoms with Crippen molar-refractivity contribution in [1.29, 1.82) is 0 Å². The molecular formula is C18H28N2O4S. The molecule has 2 rings (SSSR count). The normalized spacial score (nSPS) is 18.9. The van der Waals surface area contributed by atoms with E-state index in [1.54, 1.807) is 13.0 Å². The number of aryl methyl sites for hydroxylation is 1. The summed E-state index contributed by atoms with van der Waals surface area (Å²) < 4.78 is 32.2. The van der Waals surface area contributed by atoms with Gasteiger partial charge >= 0.3 is 5.97 Å². The third-order valence-corrected chi connectivity index (χ3v) is 6.07. The van der Waals surface area contributed by atoms with Crippen LogP contribution in [0.5, 0.6) is 0 Å². The first kappa shape index (κ1) is 19.9. The SMILES string of the molecule is COC(=O)c1cc(S(=O)(=O)NCCCN2CCC[C@@H](C)C2)ccc1C. The van der Waals surface area contributed by atoms with Crippen LogP contribution < -0.4 is 4.72 Å². The van der Waals surface area contributed by atoms with Crippen molar-refractivity contribution in [2.45, 2.75) is 38.0 Å². The maximum Gasteiger partial charge on any atom is 0.338 e. The highest BCUT2D eigenvalue weighted by Gasteiger charge is 2.19. The minimum Gasteiger partial charge on any atom is -0.465 e. The van der Waals surface area contributed by atoms with Gasteiger partial charge in [-0.1, -0.05) is 13.0 Å². The van der Waals surface area contributed by atoms with Gasteiger partial charge < -0.3 is 9.64 Å². The number of piperidine rings is 1. The lowest BCUT2D eigenvalue weighted by molar-refractivity contribution is 0.0599. The Labute approximate surface area is 150 Å². The van der Waals surface area contributed by atoms with Gasteiger partial charge in [0.25, 0.3) is 0 Å². The summed E-state index contributed by atoms with van der Waals surface area (Å²) in [5.74, 6) is 0.184. The zero-order chi connectivity index (χ0) is 18.4. The van der Waals surface area contributed by atoms with Crippen molar-refractivity contribution >= 4 is 16.0 Å². The van der Waals surface area contributed by atoms with Crippen molar-refractivity contribution in [3.05, 3.63) is 29.3 Å². The first-order valence-corrected chi connectivity index (χ1v) is 10.2. The summed E-state index contributed by atoms with van der Waals surface area (Å²) >= 11 is 0. The number of hydrogen-bond acceptors (Lipinski definition) is 5. The van der Waals surface area contributed by atoms with Crippen LogP contribution in [-0.2, 0) is 14.8 Å². The van der Waals surface area contributed by atoms with E-state index in [2.05, 4.69) is 16.5 Å². The summed E-state index contributed by atoms with van der Waals surface area (Å²) in [6, 6.07) is 4.50. The van der Waals surface area contributed by atoms with Gasteiger partial charge in [-0.15, -0.1) is 0 Å². The van der Waals surface area contributed by atoms with Gasteiger partial charge in [0, 0.05) is 13.1 Å². The van der Waals surface area contributed by atoms with Crippen LogP contribution in [0.2, 0.25) is 0 Å². The molecule has 1 N–H and O–H groups in total. The van der Waals surface area contributed by atoms with Crippen molar-refractivity contribution < 1.29 is 17.9 Å². The number of carbonyl (C=O) groups is 1. The third kappa shape index (κ3) is 5.52. The van der Waals surface area contributed by atoms with E-state index in [1.165, 1.54) is 32.1 Å². The summed E-state index contributed by atoms with van der Waals surface area (Å²) in [5.41, 5.74) is 0.956. The summed E-state index contributed by atoms with van der Waals surface area (Å²) in [7, 11) is -2.35. The van der Waals surface area contributed by atoms with Gasteiger partial charge in [-0.2, -0.15) is 0 Å². The Hall–Kier alpha value is -1.44. The average Bonchev–Trinajstić information content (AvgIpc) is 2.58. The standard InChI is InChI=1S/C18H28N2O4S/c1-14-6-4-10-20(13-14)11-5-9-19-25(22,23)16-8-7-15(2)17(12-16)18(21)24-3/h7-8,12,14,19H,4-6,9-11,13H2,1-3H3/t14-/m1/s1. The molecule has 0 amide bonds. The molecule has 1 saturated heterocycles. The molecule has 0 radical (unpaired) electrons. The number of nitrogens with one attached hydrogen (secondary N) is 1. The van der Waals surface area contributed by atoms with E-state index in [0.717, 1.165) is 32.0 Å². The van der Waals surface area contributed by atoms with E-state index in [9.17, 15) is 13.2 Å². The van der Waals surface area contributed by atoms with Gasteiger partial charge in [0.05, 0.1) is 17.6 Å². The minimum absolute atomic E-state index is 0.0881. The Kier molecular flexibility index (Phi) is 6.98. The van der Waals surface area contributed by atoms with Gasteiger partial charge in [-0.05, 0) is 62.9 Å². The molecule has 1 atom stereocenters. The second-order valence-corrected chi connectivity index (χ2v) is 8.53. The highest BCUT2D eigenvalue weighted by Crippen LogP contribution is 2.17. The molecule has 0 unspecified atom stereocenters. The number of esters is 1. The van der Waals surface area contributed by atoms with E-state index in [1.807, 2.05) is 0 Å². The Balaban J connectivity index is 1.92. The molecule has 7 heteroatoms. The quantitative estimate of drug-likeness (QED) is 0.590. The van der Waals surface area contributed by atoms with Gasteiger partial charge in [-0.25, -0.2) is 17.9 Å². The summed E-state index contributed by atoms with van der Waals surface area (Å²) in [6.07, 6.45) is 3.26. The Morgan fingerprint density at radius 3 is 2.84 bits per heavy atom. The van der Waals surface area contributed by atoms with Crippen LogP contribution in [0.25, 0.3) is 0 Å². The number of sulfonamides is 1. The largest absolute Gasteiger partial charge is 0.465 e. The minimum atomic E-state index is -3.63. The summed E-state index contributed by atoms with van der Waals surface area (Å²) in [5, 5.41) is 0. The van der Waals surface area contributed by atoms with Gasteiger partial charge in [0.15, 0.2) is 0 Å². The second kappa shape index (κ2) is 8.78. The van der Waals surface area contributed by atoms with Crippen LogP contribution in [-0.4, -0.2) is 52.6 Å². The molecule has 1 heterocycles. The molecule has 1 aliphatic rings. The zero-order valence-electron chi connectivity index (χ0n) is 15.2. The first-order valence-electron chi connectivity index (χ1n) is 8.74. The maximum absolute atomic E-state index is 12.4. The zero-order valence-corrected chi connectivity index (χ0v) is 16.1. The lowest BCUT2D eigenvalue weighted by Crippen LogP contribution is -2.36. The fraction of sp³-hybridized carbons (Fsp3) is 0.611. The highest BCUT2D eigenvalue weighted by atomic mass is 32.2.